The van der Waals surface area contributed by atoms with Crippen molar-refractivity contribution in [3.05, 3.63) is 73.1 Å². The molecular weight excluding hydrogens is 419 g/mol. The fourth-order valence-corrected chi connectivity index (χ4v) is 4.90. The van der Waals surface area contributed by atoms with Gasteiger partial charge >= 0.3 is 0 Å². The Morgan fingerprint density at radius 2 is 2.00 bits per heavy atom. The number of benzene rings is 2. The maximum atomic E-state index is 13.1. The van der Waals surface area contributed by atoms with Crippen molar-refractivity contribution in [3.63, 3.8) is 0 Å². The van der Waals surface area contributed by atoms with Crippen LogP contribution in [0.2, 0.25) is 0 Å². The molecule has 0 aliphatic rings. The minimum Gasteiger partial charge on any atom is -0.337 e. The molecule has 0 N–H and O–H groups in total. The molecule has 2 aromatic carbocycles. The van der Waals surface area contributed by atoms with E-state index < -0.39 is 0 Å². The van der Waals surface area contributed by atoms with Crippen LogP contribution in [0.25, 0.3) is 10.2 Å². The summed E-state index contributed by atoms with van der Waals surface area (Å²) in [6.07, 6.45) is 6.65. The number of hydrogen-bond donors (Lipinski definition) is 0. The zero-order chi connectivity index (χ0) is 20.8. The Balaban J connectivity index is 1.42. The molecule has 1 amide bonds. The quantitative estimate of drug-likeness (QED) is 0.334. The molecule has 0 saturated heterocycles. The minimum atomic E-state index is -0.254. The van der Waals surface area contributed by atoms with Gasteiger partial charge in [-0.25, -0.2) is 14.4 Å². The normalized spacial score (nSPS) is 11.1. The summed E-state index contributed by atoms with van der Waals surface area (Å²) in [6.45, 7) is 1.39. The summed E-state index contributed by atoms with van der Waals surface area (Å²) in [6, 6.07) is 14.3. The van der Waals surface area contributed by atoms with Gasteiger partial charge < -0.3 is 4.57 Å². The van der Waals surface area contributed by atoms with Crippen molar-refractivity contribution in [3.8, 4) is 0 Å². The summed E-state index contributed by atoms with van der Waals surface area (Å²) in [5.41, 5.74) is 0.908. The predicted molar refractivity (Wildman–Crippen MR) is 121 cm³/mol. The number of hydrogen-bond acceptors (Lipinski definition) is 5. The van der Waals surface area contributed by atoms with E-state index in [2.05, 4.69) is 9.97 Å². The zero-order valence-corrected chi connectivity index (χ0v) is 17.9. The first-order chi connectivity index (χ1) is 14.7. The van der Waals surface area contributed by atoms with Crippen LogP contribution in [0.15, 0.2) is 72.1 Å². The Labute approximate surface area is 182 Å². The van der Waals surface area contributed by atoms with Crippen molar-refractivity contribution in [2.75, 3.05) is 17.2 Å². The molecule has 2 heterocycles. The van der Waals surface area contributed by atoms with Crippen LogP contribution in [0.4, 0.5) is 9.52 Å². The van der Waals surface area contributed by atoms with Crippen molar-refractivity contribution < 1.29 is 9.18 Å². The average Bonchev–Trinajstić information content (AvgIpc) is 3.42. The smallest absolute Gasteiger partial charge is 0.229 e. The number of para-hydroxylation sites is 1. The number of thioether (sulfide) groups is 1. The Hall–Kier alpha value is -2.71. The molecule has 0 saturated carbocycles. The molecule has 0 bridgehead atoms. The molecule has 8 heteroatoms. The first-order valence-electron chi connectivity index (χ1n) is 9.69. The first-order valence-corrected chi connectivity index (χ1v) is 11.5. The summed E-state index contributed by atoms with van der Waals surface area (Å²) in [5.74, 6) is 0.428. The van der Waals surface area contributed by atoms with E-state index in [1.54, 1.807) is 41.3 Å². The highest BCUT2D eigenvalue weighted by molar-refractivity contribution is 7.99. The Bertz CT molecular complexity index is 1060. The van der Waals surface area contributed by atoms with Crippen LogP contribution in [-0.2, 0) is 11.3 Å². The van der Waals surface area contributed by atoms with Gasteiger partial charge in [0.25, 0.3) is 0 Å². The van der Waals surface area contributed by atoms with Gasteiger partial charge in [-0.1, -0.05) is 23.5 Å². The number of halogens is 1. The number of carbonyl (C=O) groups excluding carboxylic acids is 1. The van der Waals surface area contributed by atoms with E-state index in [9.17, 15) is 9.18 Å². The number of rotatable bonds is 9. The van der Waals surface area contributed by atoms with Crippen LogP contribution < -0.4 is 4.90 Å². The molecule has 0 fully saturated rings. The second-order valence-corrected chi connectivity index (χ2v) is 8.89. The molecular formula is C22H21FN4OS2. The van der Waals surface area contributed by atoms with Crippen LogP contribution in [0.5, 0.6) is 0 Å². The molecule has 5 nitrogen and oxygen atoms in total. The third-order valence-corrected chi connectivity index (χ3v) is 6.64. The van der Waals surface area contributed by atoms with E-state index in [0.717, 1.165) is 33.2 Å². The summed E-state index contributed by atoms with van der Waals surface area (Å²) >= 11 is 3.09. The van der Waals surface area contributed by atoms with Crippen molar-refractivity contribution in [2.45, 2.75) is 24.3 Å². The van der Waals surface area contributed by atoms with Gasteiger partial charge in [0.1, 0.15) is 5.82 Å². The van der Waals surface area contributed by atoms with Crippen molar-refractivity contribution >= 4 is 44.4 Å². The van der Waals surface area contributed by atoms with E-state index in [1.807, 2.05) is 35.0 Å². The molecule has 2 aromatic heterocycles. The average molecular weight is 441 g/mol. The fraction of sp³-hybridized carbons (Fsp3) is 0.227. The molecule has 0 aliphatic carbocycles. The number of imidazole rings is 1. The lowest BCUT2D eigenvalue weighted by atomic mass is 10.3. The summed E-state index contributed by atoms with van der Waals surface area (Å²) in [4.78, 5) is 24.6. The number of carbonyl (C=O) groups is 1. The Kier molecular flexibility index (Phi) is 6.76. The molecule has 4 rings (SSSR count). The zero-order valence-electron chi connectivity index (χ0n) is 16.3. The maximum absolute atomic E-state index is 13.1. The number of anilines is 1. The van der Waals surface area contributed by atoms with Crippen molar-refractivity contribution in [1.29, 1.82) is 0 Å². The van der Waals surface area contributed by atoms with Gasteiger partial charge in [0, 0.05) is 42.6 Å². The largest absolute Gasteiger partial charge is 0.337 e. The molecule has 0 radical (unpaired) electrons. The Morgan fingerprint density at radius 3 is 2.77 bits per heavy atom. The lowest BCUT2D eigenvalue weighted by molar-refractivity contribution is -0.118. The van der Waals surface area contributed by atoms with Gasteiger partial charge in [0.15, 0.2) is 5.13 Å². The number of fused-ring (bicyclic) bond motifs is 1. The summed E-state index contributed by atoms with van der Waals surface area (Å²) in [7, 11) is 0. The van der Waals surface area contributed by atoms with E-state index >= 15 is 0 Å². The SMILES string of the molecule is O=C(CCSc1ccc(F)cc1)N(CCCn1ccnc1)c1nc2ccccc2s1. The van der Waals surface area contributed by atoms with Crippen LogP contribution >= 0.6 is 23.1 Å². The highest BCUT2D eigenvalue weighted by atomic mass is 32.2. The lowest BCUT2D eigenvalue weighted by Gasteiger charge is -2.20. The number of amides is 1. The molecule has 4 aromatic rings. The predicted octanol–water partition coefficient (Wildman–Crippen LogP) is 5.24. The highest BCUT2D eigenvalue weighted by Crippen LogP contribution is 2.29. The fourth-order valence-electron chi connectivity index (χ4n) is 3.05. The molecule has 0 unspecified atom stereocenters. The number of nitrogens with zero attached hydrogens (tertiary/aromatic N) is 4. The van der Waals surface area contributed by atoms with Crippen LogP contribution in [0.3, 0.4) is 0 Å². The third kappa shape index (κ3) is 5.25. The molecule has 0 spiro atoms. The van der Waals surface area contributed by atoms with Gasteiger partial charge in [-0.15, -0.1) is 11.8 Å². The van der Waals surface area contributed by atoms with E-state index in [1.165, 1.54) is 23.5 Å². The van der Waals surface area contributed by atoms with Gasteiger partial charge in [-0.05, 0) is 42.8 Å². The van der Waals surface area contributed by atoms with E-state index in [4.69, 9.17) is 0 Å². The molecule has 0 aliphatic heterocycles. The van der Waals surface area contributed by atoms with Gasteiger partial charge in [0.05, 0.1) is 16.5 Å². The molecule has 154 valence electrons. The summed E-state index contributed by atoms with van der Waals surface area (Å²) < 4.78 is 16.1. The van der Waals surface area contributed by atoms with Gasteiger partial charge in [0.2, 0.25) is 5.91 Å². The highest BCUT2D eigenvalue weighted by Gasteiger charge is 2.19. The standard InChI is InChI=1S/C22H21FN4OS2/c23-17-6-8-18(9-7-17)29-15-10-21(28)27(13-3-12-26-14-11-24-16-26)22-25-19-4-1-2-5-20(19)30-22/h1-2,4-9,11,14,16H,3,10,12-13,15H2. The topological polar surface area (TPSA) is 51.0 Å². The van der Waals surface area contributed by atoms with E-state index in [0.29, 0.717) is 18.7 Å². The monoisotopic (exact) mass is 440 g/mol. The third-order valence-electron chi connectivity index (χ3n) is 4.57. The second kappa shape index (κ2) is 9.86. The van der Waals surface area contributed by atoms with Gasteiger partial charge in [-0.3, -0.25) is 9.69 Å². The second-order valence-electron chi connectivity index (χ2n) is 6.72. The van der Waals surface area contributed by atoms with Gasteiger partial charge in [-0.2, -0.15) is 0 Å². The van der Waals surface area contributed by atoms with Crippen LogP contribution in [-0.4, -0.2) is 32.7 Å². The van der Waals surface area contributed by atoms with E-state index in [-0.39, 0.29) is 11.7 Å². The minimum absolute atomic E-state index is 0.0503. The molecule has 30 heavy (non-hydrogen) atoms. The summed E-state index contributed by atoms with van der Waals surface area (Å²) in [5, 5.41) is 0.735. The van der Waals surface area contributed by atoms with Crippen molar-refractivity contribution in [2.24, 2.45) is 0 Å². The maximum Gasteiger partial charge on any atom is 0.229 e. The van der Waals surface area contributed by atoms with Crippen LogP contribution in [0.1, 0.15) is 12.8 Å². The number of aromatic nitrogens is 3. The Morgan fingerprint density at radius 1 is 1.17 bits per heavy atom. The lowest BCUT2D eigenvalue weighted by Crippen LogP contribution is -2.32. The van der Waals surface area contributed by atoms with Crippen LogP contribution in [0, 0.1) is 5.82 Å². The van der Waals surface area contributed by atoms with Crippen molar-refractivity contribution in [1.82, 2.24) is 14.5 Å². The number of aryl methyl sites for hydroxylation is 1. The molecule has 0 atom stereocenters. The first kappa shape index (κ1) is 20.6. The number of thiazole rings is 1.